The Kier molecular flexibility index (Phi) is 14.4. The number of ether oxygens (including phenoxy) is 2. The van der Waals surface area contributed by atoms with Crippen LogP contribution in [0.3, 0.4) is 0 Å². The van der Waals surface area contributed by atoms with Gasteiger partial charge in [-0.3, -0.25) is 9.59 Å². The van der Waals surface area contributed by atoms with Gasteiger partial charge in [-0.05, 0) is 84.6 Å². The van der Waals surface area contributed by atoms with E-state index in [1.165, 1.54) is 30.9 Å². The minimum Gasteiger partial charge on any atom is -0.453 e. The van der Waals surface area contributed by atoms with Gasteiger partial charge in [0, 0.05) is 29.9 Å². The lowest BCUT2D eigenvalue weighted by atomic mass is 9.87. The molecule has 0 bridgehead atoms. The zero-order valence-corrected chi connectivity index (χ0v) is 41.3. The van der Waals surface area contributed by atoms with Gasteiger partial charge in [0.1, 0.15) is 12.1 Å². The average Bonchev–Trinajstić information content (AvgIpc) is 4.21. The van der Waals surface area contributed by atoms with Crippen molar-refractivity contribution < 1.29 is 28.7 Å². The molecule has 366 valence electrons. The van der Waals surface area contributed by atoms with Crippen molar-refractivity contribution in [1.29, 1.82) is 0 Å². The monoisotopic (exact) mass is 942 g/mol. The van der Waals surface area contributed by atoms with E-state index in [1.54, 1.807) is 9.80 Å². The van der Waals surface area contributed by atoms with Crippen molar-refractivity contribution in [2.24, 2.45) is 11.8 Å². The summed E-state index contributed by atoms with van der Waals surface area (Å²) in [5.74, 6) is 1.92. The molecule has 3 fully saturated rings. The SMILES string of the molecule is COC(=O)N[C@H](C(=O)N1CCC[C@H]1c1nnc(-c2ccc([C@H]3CC[C@@H](c4ccc(-c5nnc([C@@H]6CCCN6C(=O)[C@@H](NC(=O)OC)C(C)C)[nH]5)cc4)N3c3ccc(C(C)(C)C)cc3)cc2)[nH]1)C(C)C. The molecule has 17 heteroatoms. The number of anilines is 1. The molecular weight excluding hydrogens is 875 g/mol. The van der Waals surface area contributed by atoms with Gasteiger partial charge in [-0.15, -0.1) is 20.4 Å². The smallest absolute Gasteiger partial charge is 0.407 e. The molecule has 4 N–H and O–H groups in total. The first-order chi connectivity index (χ1) is 33.1. The number of aromatic amines is 2. The van der Waals surface area contributed by atoms with E-state index in [1.807, 2.05) is 27.7 Å². The van der Waals surface area contributed by atoms with Gasteiger partial charge in [0.05, 0.1) is 38.4 Å². The van der Waals surface area contributed by atoms with Gasteiger partial charge in [-0.25, -0.2) is 9.59 Å². The first-order valence-corrected chi connectivity index (χ1v) is 24.3. The Morgan fingerprint density at radius 3 is 1.35 bits per heavy atom. The molecule has 0 aliphatic carbocycles. The quantitative estimate of drug-likeness (QED) is 0.0879. The maximum Gasteiger partial charge on any atom is 0.407 e. The Labute approximate surface area is 404 Å². The zero-order valence-electron chi connectivity index (χ0n) is 41.3. The highest BCUT2D eigenvalue weighted by Gasteiger charge is 2.40. The lowest BCUT2D eigenvalue weighted by Gasteiger charge is -2.34. The maximum absolute atomic E-state index is 13.7. The number of methoxy groups -OCH3 is 2. The molecule has 0 saturated carbocycles. The van der Waals surface area contributed by atoms with Gasteiger partial charge < -0.3 is 44.8 Å². The summed E-state index contributed by atoms with van der Waals surface area (Å²) in [5, 5.41) is 23.5. The maximum atomic E-state index is 13.7. The van der Waals surface area contributed by atoms with Gasteiger partial charge in [0.25, 0.3) is 0 Å². The predicted molar refractivity (Wildman–Crippen MR) is 262 cm³/mol. The molecule has 0 unspecified atom stereocenters. The Morgan fingerprint density at radius 2 is 0.986 bits per heavy atom. The minimum absolute atomic E-state index is 0.0166. The van der Waals surface area contributed by atoms with E-state index in [0.717, 1.165) is 55.3 Å². The van der Waals surface area contributed by atoms with E-state index in [0.29, 0.717) is 36.4 Å². The molecule has 8 rings (SSSR count). The van der Waals surface area contributed by atoms with Gasteiger partial charge in [-0.1, -0.05) is 109 Å². The van der Waals surface area contributed by atoms with Crippen molar-refractivity contribution in [3.05, 3.63) is 101 Å². The van der Waals surface area contributed by atoms with Crippen LogP contribution in [0.15, 0.2) is 72.8 Å². The third-order valence-corrected chi connectivity index (χ3v) is 14.0. The van der Waals surface area contributed by atoms with Gasteiger partial charge in [0.15, 0.2) is 23.3 Å². The summed E-state index contributed by atoms with van der Waals surface area (Å²) >= 11 is 0. The Morgan fingerprint density at radius 1 is 0.580 bits per heavy atom. The molecule has 0 spiro atoms. The topological polar surface area (TPSA) is 204 Å². The summed E-state index contributed by atoms with van der Waals surface area (Å²) in [6.07, 6.45) is 3.74. The molecule has 0 radical (unpaired) electrons. The van der Waals surface area contributed by atoms with E-state index in [2.05, 4.69) is 139 Å². The van der Waals surface area contributed by atoms with Crippen LogP contribution in [0.25, 0.3) is 22.8 Å². The number of carbonyl (C=O) groups excluding carboxylic acids is 4. The summed E-state index contributed by atoms with van der Waals surface area (Å²) in [7, 11) is 2.58. The number of rotatable bonds is 13. The van der Waals surface area contributed by atoms with Crippen LogP contribution in [0.2, 0.25) is 0 Å². The number of benzene rings is 3. The number of aromatic nitrogens is 6. The molecule has 3 aromatic carbocycles. The standard InChI is InChI=1S/C52H67N11O6/c1-30(2)42(53-50(66)68-8)48(64)61-28-10-12-40(61)46-55-44(57-59-46)34-18-14-32(15-19-34)38-26-27-39(63(38)37-24-22-36(23-25-37)52(5,6)7)33-16-20-35(21-17-33)45-56-47(60-58-45)41-13-11-29-62(41)49(65)43(31(3)4)54-51(67)69-9/h14-25,30-31,38-43H,10-13,26-29H2,1-9H3,(H,53,66)(H,54,67)(H,55,57,59)(H,56,58,60)/t38-,39+,40-,41-,42-,43-/m0/s1. The highest BCUT2D eigenvalue weighted by atomic mass is 16.5. The van der Waals surface area contributed by atoms with Crippen LogP contribution in [-0.2, 0) is 24.5 Å². The average molecular weight is 942 g/mol. The van der Waals surface area contributed by atoms with Crippen LogP contribution in [0.5, 0.6) is 0 Å². The van der Waals surface area contributed by atoms with Gasteiger partial charge >= 0.3 is 12.2 Å². The number of hydrogen-bond donors (Lipinski definition) is 4. The van der Waals surface area contributed by atoms with Crippen molar-refractivity contribution in [3.8, 4) is 22.8 Å². The normalized spacial score (nSPS) is 20.4. The predicted octanol–water partition coefficient (Wildman–Crippen LogP) is 8.73. The number of nitrogens with one attached hydrogen (secondary N) is 4. The largest absolute Gasteiger partial charge is 0.453 e. The molecule has 3 aliphatic rings. The second-order valence-corrected chi connectivity index (χ2v) is 20.3. The molecular formula is C52H67N11O6. The molecule has 6 atom stereocenters. The molecule has 3 saturated heterocycles. The van der Waals surface area contributed by atoms with E-state index < -0.39 is 24.3 Å². The summed E-state index contributed by atoms with van der Waals surface area (Å²) in [5.41, 5.74) is 6.61. The molecule has 3 aliphatic heterocycles. The van der Waals surface area contributed by atoms with Crippen LogP contribution in [0.1, 0.15) is 139 Å². The highest BCUT2D eigenvalue weighted by Crippen LogP contribution is 2.48. The van der Waals surface area contributed by atoms with Crippen LogP contribution >= 0.6 is 0 Å². The molecule has 5 heterocycles. The number of hydrogen-bond acceptors (Lipinski definition) is 11. The van der Waals surface area contributed by atoms with E-state index in [9.17, 15) is 19.2 Å². The van der Waals surface area contributed by atoms with E-state index in [4.69, 9.17) is 9.47 Å². The fraction of sp³-hybridized carbons (Fsp3) is 0.500. The van der Waals surface area contributed by atoms with Gasteiger partial charge in [0.2, 0.25) is 11.8 Å². The Hall–Kier alpha value is -6.78. The van der Waals surface area contributed by atoms with E-state index >= 15 is 0 Å². The van der Waals surface area contributed by atoms with E-state index in [-0.39, 0.29) is 53.2 Å². The fourth-order valence-electron chi connectivity index (χ4n) is 10.2. The molecule has 4 amide bonds. The second-order valence-electron chi connectivity index (χ2n) is 20.3. The first kappa shape index (κ1) is 48.7. The van der Waals surface area contributed by atoms with Crippen LogP contribution in [-0.4, -0.2) is 104 Å². The number of H-pyrrole nitrogens is 2. The lowest BCUT2D eigenvalue weighted by Crippen LogP contribution is -2.51. The number of nitrogens with zero attached hydrogens (tertiary/aromatic N) is 7. The molecule has 2 aromatic heterocycles. The third-order valence-electron chi connectivity index (χ3n) is 14.0. The number of alkyl carbamates (subject to hydrolysis) is 2. The first-order valence-electron chi connectivity index (χ1n) is 24.3. The minimum atomic E-state index is -0.718. The van der Waals surface area contributed by atoms with Crippen LogP contribution in [0, 0.1) is 11.8 Å². The molecule has 5 aromatic rings. The molecule has 17 nitrogen and oxygen atoms in total. The number of amides is 4. The zero-order chi connectivity index (χ0) is 49.1. The van der Waals surface area contributed by atoms with Crippen LogP contribution in [0.4, 0.5) is 15.3 Å². The highest BCUT2D eigenvalue weighted by molar-refractivity contribution is 5.87. The van der Waals surface area contributed by atoms with Crippen molar-refractivity contribution in [1.82, 2.24) is 50.8 Å². The summed E-state index contributed by atoms with van der Waals surface area (Å²) in [4.78, 5) is 64.6. The number of likely N-dealkylation sites (tertiary alicyclic amines) is 2. The Bertz CT molecular complexity index is 2430. The van der Waals surface area contributed by atoms with Crippen molar-refractivity contribution >= 4 is 29.7 Å². The second kappa shape index (κ2) is 20.4. The Balaban J connectivity index is 1.00. The van der Waals surface area contributed by atoms with Crippen molar-refractivity contribution in [3.63, 3.8) is 0 Å². The lowest BCUT2D eigenvalue weighted by molar-refractivity contribution is -0.136. The summed E-state index contributed by atoms with van der Waals surface area (Å²) < 4.78 is 9.60. The summed E-state index contributed by atoms with van der Waals surface area (Å²) in [6.45, 7) is 15.4. The van der Waals surface area contributed by atoms with Crippen molar-refractivity contribution in [2.75, 3.05) is 32.2 Å². The number of carbonyl (C=O) groups is 4. The molecule has 69 heavy (non-hydrogen) atoms. The fourth-order valence-corrected chi connectivity index (χ4v) is 10.2. The summed E-state index contributed by atoms with van der Waals surface area (Å²) in [6, 6.07) is 24.3. The van der Waals surface area contributed by atoms with Crippen molar-refractivity contribution in [2.45, 2.75) is 129 Å². The van der Waals surface area contributed by atoms with Crippen LogP contribution < -0.4 is 15.5 Å². The third kappa shape index (κ3) is 10.3. The van der Waals surface area contributed by atoms with Gasteiger partial charge in [-0.2, -0.15) is 0 Å².